The topological polar surface area (TPSA) is 37.4 Å². The minimum atomic E-state index is -3.49. The Bertz CT molecular complexity index is 924. The van der Waals surface area contributed by atoms with Crippen LogP contribution in [0.2, 0.25) is 0 Å². The summed E-state index contributed by atoms with van der Waals surface area (Å²) in [6.07, 6.45) is 5.88. The Labute approximate surface area is 149 Å². The lowest BCUT2D eigenvalue weighted by atomic mass is 10.1. The first-order valence-electron chi connectivity index (χ1n) is 8.14. The maximum absolute atomic E-state index is 12.8. The number of nitrogens with zero attached hydrogens (tertiary/aromatic N) is 1. The number of hydrogen-bond donors (Lipinski definition) is 0. The summed E-state index contributed by atoms with van der Waals surface area (Å²) in [5.41, 5.74) is 3.93. The second-order valence-electron chi connectivity index (χ2n) is 6.15. The number of benzene rings is 2. The molecule has 1 heterocycles. The van der Waals surface area contributed by atoms with Gasteiger partial charge in [0, 0.05) is 13.1 Å². The maximum Gasteiger partial charge on any atom is 0.243 e. The number of aryl methyl sites for hydroxylation is 1. The van der Waals surface area contributed by atoms with Crippen molar-refractivity contribution in [1.82, 2.24) is 4.31 Å². The number of rotatable bonds is 4. The van der Waals surface area contributed by atoms with E-state index in [9.17, 15) is 8.42 Å². The molecule has 0 unspecified atom stereocenters. The average Bonchev–Trinajstić information content (AvgIpc) is 2.98. The zero-order valence-electron chi connectivity index (χ0n) is 14.2. The third kappa shape index (κ3) is 3.98. The van der Waals surface area contributed by atoms with E-state index >= 15 is 0 Å². The van der Waals surface area contributed by atoms with Gasteiger partial charge in [-0.05, 0) is 35.8 Å². The van der Waals surface area contributed by atoms with Gasteiger partial charge < -0.3 is 0 Å². The first kappa shape index (κ1) is 17.4. The standard InChI is InChI=1S/C21H21NO2S/c1-17-11-13-21(14-12-17)25(23,24)22-15-18(2)20(16-22)10-6-9-19-7-4-3-5-8-19/h3-14H,2,15-16H2,1H3/b9-6+,20-10+. The summed E-state index contributed by atoms with van der Waals surface area (Å²) < 4.78 is 27.0. The molecule has 2 aromatic rings. The molecule has 0 spiro atoms. The minimum absolute atomic E-state index is 0.326. The summed E-state index contributed by atoms with van der Waals surface area (Å²) in [4.78, 5) is 0.326. The summed E-state index contributed by atoms with van der Waals surface area (Å²) in [5, 5.41) is 0. The molecule has 1 aliphatic rings. The molecule has 4 heteroatoms. The van der Waals surface area contributed by atoms with Crippen LogP contribution in [0.3, 0.4) is 0 Å². The highest BCUT2D eigenvalue weighted by Gasteiger charge is 2.31. The van der Waals surface area contributed by atoms with Crippen molar-refractivity contribution in [2.45, 2.75) is 11.8 Å². The molecule has 0 radical (unpaired) electrons. The SMILES string of the molecule is C=C1CN(S(=O)(=O)c2ccc(C)cc2)C/C1=C\C=C\c1ccccc1. The van der Waals surface area contributed by atoms with Crippen molar-refractivity contribution >= 4 is 16.1 Å². The molecule has 0 N–H and O–H groups in total. The van der Waals surface area contributed by atoms with E-state index in [4.69, 9.17) is 0 Å². The Balaban J connectivity index is 1.77. The lowest BCUT2D eigenvalue weighted by Gasteiger charge is -2.15. The molecule has 0 amide bonds. The van der Waals surface area contributed by atoms with Crippen LogP contribution in [-0.4, -0.2) is 25.8 Å². The first-order valence-corrected chi connectivity index (χ1v) is 9.58. The molecule has 0 aromatic heterocycles. The number of hydrogen-bond acceptors (Lipinski definition) is 2. The van der Waals surface area contributed by atoms with Crippen molar-refractivity contribution in [3.05, 3.63) is 95.6 Å². The van der Waals surface area contributed by atoms with E-state index in [0.717, 1.165) is 22.3 Å². The zero-order valence-corrected chi connectivity index (χ0v) is 15.0. The Kier molecular flexibility index (Phi) is 5.02. The van der Waals surface area contributed by atoms with E-state index in [1.807, 2.05) is 67.6 Å². The lowest BCUT2D eigenvalue weighted by Crippen LogP contribution is -2.28. The largest absolute Gasteiger partial charge is 0.243 e. The quantitative estimate of drug-likeness (QED) is 0.828. The molecular weight excluding hydrogens is 330 g/mol. The van der Waals surface area contributed by atoms with Gasteiger partial charge in [-0.3, -0.25) is 0 Å². The van der Waals surface area contributed by atoms with Crippen LogP contribution in [0, 0.1) is 6.92 Å². The lowest BCUT2D eigenvalue weighted by molar-refractivity contribution is 0.489. The zero-order chi connectivity index (χ0) is 17.9. The second-order valence-corrected chi connectivity index (χ2v) is 8.09. The summed E-state index contributed by atoms with van der Waals surface area (Å²) in [6, 6.07) is 16.9. The second kappa shape index (κ2) is 7.21. The Morgan fingerprint density at radius 1 is 1.00 bits per heavy atom. The molecule has 0 bridgehead atoms. The Hall–Kier alpha value is -2.43. The summed E-state index contributed by atoms with van der Waals surface area (Å²) in [7, 11) is -3.49. The van der Waals surface area contributed by atoms with Gasteiger partial charge in [-0.1, -0.05) is 72.8 Å². The van der Waals surface area contributed by atoms with Crippen LogP contribution in [0.5, 0.6) is 0 Å². The number of allylic oxidation sites excluding steroid dienone is 2. The van der Waals surface area contributed by atoms with E-state index in [-0.39, 0.29) is 0 Å². The summed E-state index contributed by atoms with van der Waals surface area (Å²) in [6.45, 7) is 6.65. The normalized spacial score (nSPS) is 17.6. The van der Waals surface area contributed by atoms with E-state index in [2.05, 4.69) is 6.58 Å². The van der Waals surface area contributed by atoms with Crippen molar-refractivity contribution < 1.29 is 8.42 Å². The third-order valence-corrected chi connectivity index (χ3v) is 6.02. The maximum atomic E-state index is 12.8. The van der Waals surface area contributed by atoms with Crippen molar-refractivity contribution in [3.63, 3.8) is 0 Å². The fourth-order valence-corrected chi connectivity index (χ4v) is 4.12. The minimum Gasteiger partial charge on any atom is -0.207 e. The van der Waals surface area contributed by atoms with Crippen LogP contribution in [0.4, 0.5) is 0 Å². The predicted octanol–water partition coefficient (Wildman–Crippen LogP) is 4.20. The monoisotopic (exact) mass is 351 g/mol. The van der Waals surface area contributed by atoms with E-state index in [0.29, 0.717) is 18.0 Å². The highest BCUT2D eigenvalue weighted by atomic mass is 32.2. The Morgan fingerprint density at radius 3 is 2.36 bits per heavy atom. The molecule has 3 nitrogen and oxygen atoms in total. The van der Waals surface area contributed by atoms with Crippen LogP contribution >= 0.6 is 0 Å². The van der Waals surface area contributed by atoms with Gasteiger partial charge in [0.25, 0.3) is 0 Å². The van der Waals surface area contributed by atoms with Crippen LogP contribution < -0.4 is 0 Å². The van der Waals surface area contributed by atoms with Gasteiger partial charge in [0.05, 0.1) is 4.90 Å². The molecule has 1 aliphatic heterocycles. The van der Waals surface area contributed by atoms with Gasteiger partial charge in [0.1, 0.15) is 0 Å². The number of sulfonamides is 1. The summed E-state index contributed by atoms with van der Waals surface area (Å²) >= 11 is 0. The van der Waals surface area contributed by atoms with Gasteiger partial charge in [-0.25, -0.2) is 8.42 Å². The van der Waals surface area contributed by atoms with Gasteiger partial charge in [-0.2, -0.15) is 4.31 Å². The smallest absolute Gasteiger partial charge is 0.207 e. The van der Waals surface area contributed by atoms with Gasteiger partial charge >= 0.3 is 0 Å². The molecule has 1 fully saturated rings. The van der Waals surface area contributed by atoms with Crippen LogP contribution in [-0.2, 0) is 10.0 Å². The van der Waals surface area contributed by atoms with Crippen molar-refractivity contribution in [2.24, 2.45) is 0 Å². The van der Waals surface area contributed by atoms with E-state index in [1.165, 1.54) is 4.31 Å². The van der Waals surface area contributed by atoms with Crippen molar-refractivity contribution in [2.75, 3.05) is 13.1 Å². The van der Waals surface area contributed by atoms with Gasteiger partial charge in [0.2, 0.25) is 10.0 Å². The molecule has 1 saturated heterocycles. The fraction of sp³-hybridized carbons (Fsp3) is 0.143. The highest BCUT2D eigenvalue weighted by Crippen LogP contribution is 2.27. The van der Waals surface area contributed by atoms with Crippen LogP contribution in [0.25, 0.3) is 6.08 Å². The Morgan fingerprint density at radius 2 is 1.68 bits per heavy atom. The van der Waals surface area contributed by atoms with Crippen molar-refractivity contribution in [1.29, 1.82) is 0 Å². The molecule has 2 aromatic carbocycles. The van der Waals surface area contributed by atoms with Gasteiger partial charge in [-0.15, -0.1) is 0 Å². The van der Waals surface area contributed by atoms with Crippen LogP contribution in [0.15, 0.2) is 89.4 Å². The molecule has 3 rings (SSSR count). The molecule has 0 aliphatic carbocycles. The first-order chi connectivity index (χ1) is 12.0. The summed E-state index contributed by atoms with van der Waals surface area (Å²) in [5.74, 6) is 0. The van der Waals surface area contributed by atoms with E-state index < -0.39 is 10.0 Å². The molecular formula is C21H21NO2S. The highest BCUT2D eigenvalue weighted by molar-refractivity contribution is 7.89. The predicted molar refractivity (Wildman–Crippen MR) is 103 cm³/mol. The van der Waals surface area contributed by atoms with Crippen LogP contribution in [0.1, 0.15) is 11.1 Å². The molecule has 0 saturated carbocycles. The molecule has 0 atom stereocenters. The van der Waals surface area contributed by atoms with Gasteiger partial charge in [0.15, 0.2) is 0 Å². The van der Waals surface area contributed by atoms with E-state index in [1.54, 1.807) is 12.1 Å². The average molecular weight is 351 g/mol. The molecule has 128 valence electrons. The van der Waals surface area contributed by atoms with Crippen molar-refractivity contribution in [3.8, 4) is 0 Å². The molecule has 25 heavy (non-hydrogen) atoms. The fourth-order valence-electron chi connectivity index (χ4n) is 2.71. The third-order valence-electron chi connectivity index (χ3n) is 4.21.